The van der Waals surface area contributed by atoms with Crippen molar-refractivity contribution in [2.45, 2.75) is 0 Å². The minimum atomic E-state index is 0.538. The lowest BCUT2D eigenvalue weighted by atomic mass is 10.3. The van der Waals surface area contributed by atoms with Crippen LogP contribution in [0.2, 0.25) is 10.0 Å². The van der Waals surface area contributed by atoms with Crippen LogP contribution in [0.15, 0.2) is 71.9 Å². The monoisotopic (exact) mass is 314 g/mol. The molecule has 1 aromatic heterocycles. The van der Waals surface area contributed by atoms with Crippen molar-refractivity contribution in [1.29, 1.82) is 0 Å². The summed E-state index contributed by atoms with van der Waals surface area (Å²) in [4.78, 5) is 4.44. The number of aromatic nitrogens is 1. The SMILES string of the molecule is Clc1ccc(N=Cc2cccn2-c2ccccc2)c(Cl)c1. The van der Waals surface area contributed by atoms with Crippen LogP contribution in [0.1, 0.15) is 5.69 Å². The van der Waals surface area contributed by atoms with Gasteiger partial charge in [-0.3, -0.25) is 4.99 Å². The topological polar surface area (TPSA) is 17.3 Å². The lowest BCUT2D eigenvalue weighted by Crippen LogP contribution is -1.97. The van der Waals surface area contributed by atoms with Crippen LogP contribution in [0.4, 0.5) is 5.69 Å². The number of nitrogens with zero attached hydrogens (tertiary/aromatic N) is 2. The van der Waals surface area contributed by atoms with Crippen LogP contribution in [0.5, 0.6) is 0 Å². The summed E-state index contributed by atoms with van der Waals surface area (Å²) in [5.41, 5.74) is 2.76. The van der Waals surface area contributed by atoms with Crippen LogP contribution in [-0.4, -0.2) is 10.8 Å². The van der Waals surface area contributed by atoms with E-state index < -0.39 is 0 Å². The van der Waals surface area contributed by atoms with Crippen LogP contribution in [0.3, 0.4) is 0 Å². The minimum Gasteiger partial charge on any atom is -0.316 e. The maximum atomic E-state index is 6.12. The molecule has 21 heavy (non-hydrogen) atoms. The van der Waals surface area contributed by atoms with E-state index in [-0.39, 0.29) is 0 Å². The van der Waals surface area contributed by atoms with Gasteiger partial charge in [0, 0.05) is 16.9 Å². The van der Waals surface area contributed by atoms with Gasteiger partial charge in [-0.25, -0.2) is 0 Å². The Hall–Kier alpha value is -2.03. The summed E-state index contributed by atoms with van der Waals surface area (Å²) in [6.45, 7) is 0. The van der Waals surface area contributed by atoms with E-state index in [0.29, 0.717) is 15.7 Å². The molecule has 0 saturated carbocycles. The molecule has 0 unspecified atom stereocenters. The van der Waals surface area contributed by atoms with E-state index in [1.807, 2.05) is 48.7 Å². The van der Waals surface area contributed by atoms with Crippen LogP contribution >= 0.6 is 23.2 Å². The van der Waals surface area contributed by atoms with Crippen LogP contribution < -0.4 is 0 Å². The van der Waals surface area contributed by atoms with Crippen molar-refractivity contribution >= 4 is 35.1 Å². The van der Waals surface area contributed by atoms with Crippen LogP contribution in [0, 0.1) is 0 Å². The lowest BCUT2D eigenvalue weighted by molar-refractivity contribution is 1.07. The fraction of sp³-hybridized carbons (Fsp3) is 0. The number of halogens is 2. The summed E-state index contributed by atoms with van der Waals surface area (Å²) in [5, 5.41) is 1.14. The summed E-state index contributed by atoms with van der Waals surface area (Å²) in [6.07, 6.45) is 3.79. The Morgan fingerprint density at radius 3 is 2.48 bits per heavy atom. The molecule has 0 atom stereocenters. The highest BCUT2D eigenvalue weighted by Crippen LogP contribution is 2.27. The second-order valence-corrected chi connectivity index (χ2v) is 5.34. The van der Waals surface area contributed by atoms with Gasteiger partial charge in [0.1, 0.15) is 0 Å². The largest absolute Gasteiger partial charge is 0.316 e. The molecule has 2 aromatic carbocycles. The fourth-order valence-electron chi connectivity index (χ4n) is 2.04. The predicted molar refractivity (Wildman–Crippen MR) is 89.5 cm³/mol. The van der Waals surface area contributed by atoms with E-state index in [1.165, 1.54) is 0 Å². The van der Waals surface area contributed by atoms with E-state index >= 15 is 0 Å². The van der Waals surface area contributed by atoms with Crippen molar-refractivity contribution in [2.75, 3.05) is 0 Å². The van der Waals surface area contributed by atoms with Gasteiger partial charge in [0.15, 0.2) is 0 Å². The average molecular weight is 315 g/mol. The first-order valence-electron chi connectivity index (χ1n) is 6.46. The normalized spacial score (nSPS) is 11.1. The molecular weight excluding hydrogens is 303 g/mol. The molecule has 0 radical (unpaired) electrons. The third-order valence-electron chi connectivity index (χ3n) is 3.06. The van der Waals surface area contributed by atoms with Gasteiger partial charge in [0.05, 0.1) is 22.6 Å². The predicted octanol–water partition coefficient (Wildman–Crippen LogP) is 5.53. The fourth-order valence-corrected chi connectivity index (χ4v) is 2.50. The molecule has 3 rings (SSSR count). The second kappa shape index (κ2) is 6.17. The smallest absolute Gasteiger partial charge is 0.0817 e. The van der Waals surface area contributed by atoms with Gasteiger partial charge >= 0.3 is 0 Å². The van der Waals surface area contributed by atoms with Crippen molar-refractivity contribution in [2.24, 2.45) is 4.99 Å². The summed E-state index contributed by atoms with van der Waals surface area (Å²) in [7, 11) is 0. The molecule has 0 aliphatic heterocycles. The van der Waals surface area contributed by atoms with Gasteiger partial charge in [-0.05, 0) is 42.5 Å². The van der Waals surface area contributed by atoms with Gasteiger partial charge in [-0.1, -0.05) is 41.4 Å². The van der Waals surface area contributed by atoms with E-state index in [0.717, 1.165) is 11.4 Å². The van der Waals surface area contributed by atoms with Gasteiger partial charge in [0.2, 0.25) is 0 Å². The molecule has 0 aliphatic rings. The first kappa shape index (κ1) is 13.9. The summed E-state index contributed by atoms with van der Waals surface area (Å²) in [5.74, 6) is 0. The maximum absolute atomic E-state index is 6.12. The number of rotatable bonds is 3. The summed E-state index contributed by atoms with van der Waals surface area (Å²) in [6, 6.07) is 19.4. The highest BCUT2D eigenvalue weighted by Gasteiger charge is 2.02. The molecule has 0 saturated heterocycles. The Balaban J connectivity index is 1.93. The molecule has 0 bridgehead atoms. The number of benzene rings is 2. The maximum Gasteiger partial charge on any atom is 0.0817 e. The first-order chi connectivity index (χ1) is 10.2. The van der Waals surface area contributed by atoms with E-state index in [1.54, 1.807) is 24.4 Å². The standard InChI is InChI=1S/C17H12Cl2N2/c18-13-8-9-17(16(19)11-13)20-12-15-7-4-10-21(15)14-5-2-1-3-6-14/h1-12H. The Kier molecular flexibility index (Phi) is 4.09. The zero-order valence-electron chi connectivity index (χ0n) is 11.1. The van der Waals surface area contributed by atoms with Crippen molar-refractivity contribution in [1.82, 2.24) is 4.57 Å². The van der Waals surface area contributed by atoms with E-state index in [9.17, 15) is 0 Å². The number of aliphatic imine (C=N–C) groups is 1. The molecule has 0 N–H and O–H groups in total. The molecule has 1 heterocycles. The van der Waals surface area contributed by atoms with Crippen molar-refractivity contribution in [3.05, 3.63) is 82.6 Å². The zero-order chi connectivity index (χ0) is 14.7. The lowest BCUT2D eigenvalue weighted by Gasteiger charge is -2.05. The number of hydrogen-bond donors (Lipinski definition) is 0. The molecule has 0 amide bonds. The van der Waals surface area contributed by atoms with Crippen molar-refractivity contribution in [3.8, 4) is 5.69 Å². The highest BCUT2D eigenvalue weighted by molar-refractivity contribution is 6.36. The van der Waals surface area contributed by atoms with Gasteiger partial charge in [-0.15, -0.1) is 0 Å². The van der Waals surface area contributed by atoms with Gasteiger partial charge in [-0.2, -0.15) is 0 Å². The zero-order valence-corrected chi connectivity index (χ0v) is 12.6. The summed E-state index contributed by atoms with van der Waals surface area (Å²) >= 11 is 12.0. The van der Waals surface area contributed by atoms with Crippen LogP contribution in [0.25, 0.3) is 5.69 Å². The Bertz CT molecular complexity index is 776. The highest BCUT2D eigenvalue weighted by atomic mass is 35.5. The number of para-hydroxylation sites is 1. The van der Waals surface area contributed by atoms with Crippen LogP contribution in [-0.2, 0) is 0 Å². The van der Waals surface area contributed by atoms with Gasteiger partial charge < -0.3 is 4.57 Å². The molecule has 104 valence electrons. The summed E-state index contributed by atoms with van der Waals surface area (Å²) < 4.78 is 2.06. The molecule has 3 aromatic rings. The number of hydrogen-bond acceptors (Lipinski definition) is 1. The molecule has 2 nitrogen and oxygen atoms in total. The molecule has 0 aliphatic carbocycles. The Morgan fingerprint density at radius 1 is 0.905 bits per heavy atom. The first-order valence-corrected chi connectivity index (χ1v) is 7.21. The van der Waals surface area contributed by atoms with E-state index in [2.05, 4.69) is 9.56 Å². The molecule has 0 spiro atoms. The third-order valence-corrected chi connectivity index (χ3v) is 3.60. The van der Waals surface area contributed by atoms with Crippen molar-refractivity contribution < 1.29 is 0 Å². The molecule has 4 heteroatoms. The quantitative estimate of drug-likeness (QED) is 0.565. The molecule has 0 fully saturated rings. The Labute approximate surface area is 133 Å². The van der Waals surface area contributed by atoms with Gasteiger partial charge in [0.25, 0.3) is 0 Å². The average Bonchev–Trinajstić information content (AvgIpc) is 2.96. The van der Waals surface area contributed by atoms with E-state index in [4.69, 9.17) is 23.2 Å². The molecular formula is C17H12Cl2N2. The Morgan fingerprint density at radius 2 is 1.71 bits per heavy atom. The van der Waals surface area contributed by atoms with Crippen molar-refractivity contribution in [3.63, 3.8) is 0 Å². The second-order valence-electron chi connectivity index (χ2n) is 4.49. The minimum absolute atomic E-state index is 0.538. The third kappa shape index (κ3) is 3.18.